The maximum Gasteiger partial charge on any atom is 0.352 e. The molecule has 1 aromatic heterocycles. The van der Waals surface area contributed by atoms with Gasteiger partial charge in [-0.05, 0) is 47.5 Å². The van der Waals surface area contributed by atoms with Crippen LogP contribution in [0.2, 0.25) is 0 Å². The van der Waals surface area contributed by atoms with Gasteiger partial charge in [-0.15, -0.1) is 0 Å². The number of H-pyrrole nitrogens is 1. The van der Waals surface area contributed by atoms with Gasteiger partial charge in [0.15, 0.2) is 0 Å². The van der Waals surface area contributed by atoms with Gasteiger partial charge in [-0.25, -0.2) is 28.9 Å². The quantitative estimate of drug-likeness (QED) is 0.359. The molecule has 3 atom stereocenters. The van der Waals surface area contributed by atoms with Crippen LogP contribution in [0.3, 0.4) is 0 Å². The minimum absolute atomic E-state index is 0.202. The highest BCUT2D eigenvalue weighted by molar-refractivity contribution is 6.06. The van der Waals surface area contributed by atoms with E-state index in [0.717, 1.165) is 15.7 Å². The topological polar surface area (TPSA) is 114 Å². The summed E-state index contributed by atoms with van der Waals surface area (Å²) in [5, 5.41) is 9.19. The molecule has 4 aromatic rings. The Morgan fingerprint density at radius 3 is 2.16 bits per heavy atom. The Kier molecular flexibility index (Phi) is 7.22. The molecule has 0 bridgehead atoms. The first-order chi connectivity index (χ1) is 20.8. The van der Waals surface area contributed by atoms with Crippen molar-refractivity contribution in [1.29, 1.82) is 0 Å². The van der Waals surface area contributed by atoms with E-state index in [-0.39, 0.29) is 17.9 Å². The fourth-order valence-corrected chi connectivity index (χ4v) is 5.98. The molecule has 0 fully saturated rings. The maximum atomic E-state index is 14.0. The van der Waals surface area contributed by atoms with Crippen molar-refractivity contribution < 1.29 is 14.3 Å². The molecule has 11 heteroatoms. The van der Waals surface area contributed by atoms with Gasteiger partial charge >= 0.3 is 11.4 Å². The highest BCUT2D eigenvalue weighted by Crippen LogP contribution is 2.43. The van der Waals surface area contributed by atoms with Crippen LogP contribution in [0.4, 0.5) is 0 Å². The van der Waals surface area contributed by atoms with E-state index in [4.69, 9.17) is 14.6 Å². The molecule has 2 aliphatic heterocycles. The number of aromatic amines is 1. The summed E-state index contributed by atoms with van der Waals surface area (Å²) in [4.78, 5) is 42.2. The van der Waals surface area contributed by atoms with Crippen LogP contribution in [-0.2, 0) is 4.79 Å². The number of carbonyl (C=O) groups is 1. The van der Waals surface area contributed by atoms with Gasteiger partial charge in [0.25, 0.3) is 0 Å². The number of hydrogen-bond donors (Lipinski definition) is 1. The predicted molar refractivity (Wildman–Crippen MR) is 162 cm³/mol. The number of rotatable bonds is 7. The van der Waals surface area contributed by atoms with Crippen molar-refractivity contribution in [3.05, 3.63) is 123 Å². The molecule has 3 heterocycles. The number of nitrogens with one attached hydrogen (secondary N) is 1. The summed E-state index contributed by atoms with van der Waals surface area (Å²) in [6.45, 7) is 2.09. The zero-order chi connectivity index (χ0) is 30.2. The summed E-state index contributed by atoms with van der Waals surface area (Å²) >= 11 is 0. The van der Waals surface area contributed by atoms with Gasteiger partial charge in [-0.2, -0.15) is 5.10 Å². The van der Waals surface area contributed by atoms with Gasteiger partial charge in [0, 0.05) is 38.2 Å². The molecule has 0 aliphatic carbocycles. The molecule has 6 rings (SSSR count). The van der Waals surface area contributed by atoms with Crippen molar-refractivity contribution in [2.75, 3.05) is 27.8 Å². The first kappa shape index (κ1) is 27.8. The van der Waals surface area contributed by atoms with E-state index in [0.29, 0.717) is 35.0 Å². The SMILES string of the molecule is COc1ccc(C2C3CN(C)C=C(C(c4ccc(OC)cc4)n4[nH]c(=O)n(-c5ccccc5)c4=O)C3=NN2C(C)=O)cc1. The van der Waals surface area contributed by atoms with Crippen LogP contribution in [0.25, 0.3) is 5.69 Å². The highest BCUT2D eigenvalue weighted by Gasteiger charge is 2.46. The Labute approximate surface area is 247 Å². The van der Waals surface area contributed by atoms with E-state index in [1.165, 1.54) is 16.6 Å². The van der Waals surface area contributed by atoms with Crippen LogP contribution in [-0.4, -0.2) is 63.7 Å². The number of allylic oxidation sites excluding steroid dienone is 1. The van der Waals surface area contributed by atoms with E-state index in [2.05, 4.69) is 5.10 Å². The van der Waals surface area contributed by atoms with Crippen molar-refractivity contribution in [1.82, 2.24) is 24.3 Å². The third kappa shape index (κ3) is 4.92. The van der Waals surface area contributed by atoms with Gasteiger partial charge in [-0.3, -0.25) is 4.79 Å². The minimum atomic E-state index is -0.761. The largest absolute Gasteiger partial charge is 0.497 e. The molecule has 1 N–H and O–H groups in total. The van der Waals surface area contributed by atoms with Crippen LogP contribution in [0.1, 0.15) is 30.1 Å². The monoisotopic (exact) mass is 580 g/mol. The number of hydrogen-bond acceptors (Lipinski definition) is 7. The molecule has 43 heavy (non-hydrogen) atoms. The van der Waals surface area contributed by atoms with E-state index < -0.39 is 17.4 Å². The lowest BCUT2D eigenvalue weighted by atomic mass is 9.81. The maximum absolute atomic E-state index is 14.0. The normalized spacial score (nSPS) is 18.5. The van der Waals surface area contributed by atoms with Crippen LogP contribution >= 0.6 is 0 Å². The zero-order valence-electron chi connectivity index (χ0n) is 24.3. The van der Waals surface area contributed by atoms with Crippen molar-refractivity contribution in [2.24, 2.45) is 11.0 Å². The van der Waals surface area contributed by atoms with Crippen molar-refractivity contribution in [3.63, 3.8) is 0 Å². The average Bonchev–Trinajstić information content (AvgIpc) is 3.55. The Morgan fingerprint density at radius 1 is 0.930 bits per heavy atom. The number of ether oxygens (including phenoxy) is 2. The summed E-state index contributed by atoms with van der Waals surface area (Å²) in [5.41, 5.74) is 2.37. The number of fused-ring (bicyclic) bond motifs is 1. The number of benzene rings is 3. The number of nitrogens with zero attached hydrogens (tertiary/aromatic N) is 5. The molecule has 2 aliphatic rings. The summed E-state index contributed by atoms with van der Waals surface area (Å²) < 4.78 is 13.2. The lowest BCUT2D eigenvalue weighted by molar-refractivity contribution is -0.131. The fraction of sp³-hybridized carbons (Fsp3) is 0.250. The molecular formula is C32H32N6O5. The second kappa shape index (κ2) is 11.2. The Bertz CT molecular complexity index is 1820. The van der Waals surface area contributed by atoms with E-state index in [1.807, 2.05) is 72.7 Å². The van der Waals surface area contributed by atoms with Crippen LogP contribution in [0.15, 0.2) is 105 Å². The van der Waals surface area contributed by atoms with Gasteiger partial charge in [0.05, 0.1) is 31.7 Å². The number of aromatic nitrogens is 3. The lowest BCUT2D eigenvalue weighted by Gasteiger charge is -2.35. The zero-order valence-corrected chi connectivity index (χ0v) is 24.3. The van der Waals surface area contributed by atoms with Gasteiger partial charge in [0.1, 0.15) is 17.5 Å². The summed E-state index contributed by atoms with van der Waals surface area (Å²) in [6, 6.07) is 22.6. The van der Waals surface area contributed by atoms with Crippen LogP contribution in [0, 0.1) is 5.92 Å². The minimum Gasteiger partial charge on any atom is -0.497 e. The number of methoxy groups -OCH3 is 2. The summed E-state index contributed by atoms with van der Waals surface area (Å²) in [6.07, 6.45) is 1.93. The molecule has 11 nitrogen and oxygen atoms in total. The van der Waals surface area contributed by atoms with E-state index >= 15 is 0 Å². The molecule has 1 amide bonds. The second-order valence-electron chi connectivity index (χ2n) is 10.6. The molecule has 3 aromatic carbocycles. The third-order valence-electron chi connectivity index (χ3n) is 7.95. The van der Waals surface area contributed by atoms with Gasteiger partial charge < -0.3 is 14.4 Å². The molecule has 0 spiro atoms. The molecular weight excluding hydrogens is 548 g/mol. The fourth-order valence-electron chi connectivity index (χ4n) is 5.98. The van der Waals surface area contributed by atoms with Crippen LogP contribution < -0.4 is 20.9 Å². The Morgan fingerprint density at radius 2 is 1.56 bits per heavy atom. The van der Waals surface area contributed by atoms with Crippen molar-refractivity contribution in [3.8, 4) is 17.2 Å². The molecule has 0 radical (unpaired) electrons. The summed E-state index contributed by atoms with van der Waals surface area (Å²) in [5.74, 6) is 0.955. The van der Waals surface area contributed by atoms with Gasteiger partial charge in [-0.1, -0.05) is 42.5 Å². The average molecular weight is 581 g/mol. The van der Waals surface area contributed by atoms with Crippen molar-refractivity contribution >= 4 is 11.6 Å². The molecule has 3 unspecified atom stereocenters. The van der Waals surface area contributed by atoms with E-state index in [9.17, 15) is 14.4 Å². The first-order valence-corrected chi connectivity index (χ1v) is 13.9. The number of amides is 1. The second-order valence-corrected chi connectivity index (χ2v) is 10.6. The standard InChI is InChI=1S/C32H32N6O5/c1-20(39)37-29(21-10-14-24(42-3)15-11-21)26-18-35(2)19-27(28(26)33-37)30(22-12-16-25(43-4)17-13-22)38-32(41)36(31(40)34-38)23-8-6-5-7-9-23/h5-17,19,26,29-30H,18H2,1-4H3,(H,34,40). The predicted octanol–water partition coefficient (Wildman–Crippen LogP) is 3.34. The third-order valence-corrected chi connectivity index (χ3v) is 7.95. The molecule has 220 valence electrons. The number of para-hydroxylation sites is 1. The highest BCUT2D eigenvalue weighted by atomic mass is 16.5. The van der Waals surface area contributed by atoms with E-state index in [1.54, 1.807) is 38.5 Å². The van der Waals surface area contributed by atoms with Gasteiger partial charge in [0.2, 0.25) is 5.91 Å². The molecule has 0 saturated carbocycles. The lowest BCUT2D eigenvalue weighted by Crippen LogP contribution is -2.40. The Hall–Kier alpha value is -5.32. The number of carbonyl (C=O) groups excluding carboxylic acids is 1. The first-order valence-electron chi connectivity index (χ1n) is 13.9. The van der Waals surface area contributed by atoms with Crippen LogP contribution in [0.5, 0.6) is 11.5 Å². The number of hydrazone groups is 1. The van der Waals surface area contributed by atoms with Crippen molar-refractivity contribution in [2.45, 2.75) is 19.0 Å². The Balaban J connectivity index is 1.52. The summed E-state index contributed by atoms with van der Waals surface area (Å²) in [7, 11) is 5.14. The smallest absolute Gasteiger partial charge is 0.352 e. The molecule has 0 saturated heterocycles.